The van der Waals surface area contributed by atoms with Crippen molar-refractivity contribution >= 4 is 0 Å². The van der Waals surface area contributed by atoms with Crippen LogP contribution in [0.3, 0.4) is 0 Å². The Morgan fingerprint density at radius 1 is 0.500 bits per heavy atom. The van der Waals surface area contributed by atoms with Gasteiger partial charge in [0.15, 0.2) is 0 Å². The third-order valence-electron chi connectivity index (χ3n) is 9.61. The van der Waals surface area contributed by atoms with Crippen LogP contribution in [0.25, 0.3) is 0 Å². The Bertz CT molecular complexity index is 939. The first kappa shape index (κ1) is 34.3. The largest absolute Gasteiger partial charge is 0.353 e. The zero-order chi connectivity index (χ0) is 29.7. The molecule has 0 fully saturated rings. The molecule has 2 nitrogen and oxygen atoms in total. The van der Waals surface area contributed by atoms with Crippen LogP contribution in [0.4, 0.5) is 0 Å². The maximum absolute atomic E-state index is 2.74. The van der Waals surface area contributed by atoms with Gasteiger partial charge in [-0.1, -0.05) is 178 Å². The van der Waals surface area contributed by atoms with Crippen LogP contribution in [0, 0.1) is 0 Å². The van der Waals surface area contributed by atoms with Crippen LogP contribution in [-0.2, 0) is 6.42 Å². The van der Waals surface area contributed by atoms with Gasteiger partial charge in [0, 0.05) is 37.8 Å². The molecule has 2 unspecified atom stereocenters. The zero-order valence-electron chi connectivity index (χ0n) is 27.7. The first-order valence-electron chi connectivity index (χ1n) is 18.1. The fourth-order valence-electron chi connectivity index (χ4n) is 7.33. The topological polar surface area (TPSA) is 6.48 Å². The predicted molar refractivity (Wildman–Crippen MR) is 185 cm³/mol. The second-order valence-electron chi connectivity index (χ2n) is 12.9. The van der Waals surface area contributed by atoms with Gasteiger partial charge in [-0.05, 0) is 30.4 Å². The summed E-state index contributed by atoms with van der Waals surface area (Å²) in [5, 5.41) is 0. The molecular weight excluding hydrogens is 508 g/mol. The molecule has 0 bridgehead atoms. The Morgan fingerprint density at radius 3 is 1.43 bits per heavy atom. The van der Waals surface area contributed by atoms with E-state index >= 15 is 0 Å². The predicted octanol–water partition coefficient (Wildman–Crippen LogP) is 11.9. The van der Waals surface area contributed by atoms with E-state index in [0.29, 0.717) is 5.92 Å². The molecule has 2 heteroatoms. The Kier molecular flexibility index (Phi) is 16.8. The van der Waals surface area contributed by atoms with Crippen molar-refractivity contribution in [1.82, 2.24) is 9.80 Å². The summed E-state index contributed by atoms with van der Waals surface area (Å²) < 4.78 is 0. The molecule has 0 aromatic heterocycles. The van der Waals surface area contributed by atoms with Crippen molar-refractivity contribution in [3.05, 3.63) is 84.2 Å². The van der Waals surface area contributed by atoms with Crippen molar-refractivity contribution in [3.63, 3.8) is 0 Å². The number of rotatable bonds is 24. The van der Waals surface area contributed by atoms with E-state index in [1.165, 1.54) is 120 Å². The van der Waals surface area contributed by atoms with Crippen LogP contribution in [0.5, 0.6) is 0 Å². The molecule has 3 rings (SSSR count). The summed E-state index contributed by atoms with van der Waals surface area (Å²) >= 11 is 0. The Morgan fingerprint density at radius 2 is 0.952 bits per heavy atom. The molecule has 1 aliphatic rings. The molecule has 42 heavy (non-hydrogen) atoms. The summed E-state index contributed by atoms with van der Waals surface area (Å²) in [5.41, 5.74) is 2.86. The van der Waals surface area contributed by atoms with Crippen LogP contribution in [0.2, 0.25) is 0 Å². The highest BCUT2D eigenvalue weighted by atomic mass is 15.4. The highest BCUT2D eigenvalue weighted by Crippen LogP contribution is 2.45. The van der Waals surface area contributed by atoms with Gasteiger partial charge in [0.1, 0.15) is 5.66 Å². The second-order valence-corrected chi connectivity index (χ2v) is 12.9. The van der Waals surface area contributed by atoms with Crippen molar-refractivity contribution in [3.8, 4) is 0 Å². The average molecular weight is 573 g/mol. The van der Waals surface area contributed by atoms with E-state index in [1.54, 1.807) is 0 Å². The SMILES string of the molecule is CCCCCCCCCCCCCCCCCCN1C=CN(CCC)C1(Cc1ccccc1)C(CC)c1ccccc1. The fourth-order valence-corrected chi connectivity index (χ4v) is 7.33. The Balaban J connectivity index is 1.47. The first-order valence-corrected chi connectivity index (χ1v) is 18.1. The fraction of sp³-hybridized carbons (Fsp3) is 0.650. The molecule has 2 aromatic rings. The Hall–Kier alpha value is -2.22. The molecule has 2 atom stereocenters. The lowest BCUT2D eigenvalue weighted by Gasteiger charge is -2.51. The molecule has 0 aliphatic carbocycles. The normalized spacial score (nSPS) is 17.3. The molecule has 0 saturated heterocycles. The van der Waals surface area contributed by atoms with E-state index in [2.05, 4.69) is 104 Å². The minimum absolute atomic E-state index is 0.0526. The van der Waals surface area contributed by atoms with Crippen LogP contribution >= 0.6 is 0 Å². The van der Waals surface area contributed by atoms with E-state index in [-0.39, 0.29) is 5.66 Å². The van der Waals surface area contributed by atoms with E-state index in [0.717, 1.165) is 25.9 Å². The first-order chi connectivity index (χ1) is 20.8. The van der Waals surface area contributed by atoms with Gasteiger partial charge in [-0.2, -0.15) is 0 Å². The van der Waals surface area contributed by atoms with Crippen LogP contribution in [0.1, 0.15) is 153 Å². The van der Waals surface area contributed by atoms with Crippen LogP contribution in [0.15, 0.2) is 73.1 Å². The van der Waals surface area contributed by atoms with Crippen molar-refractivity contribution in [1.29, 1.82) is 0 Å². The van der Waals surface area contributed by atoms with Gasteiger partial charge >= 0.3 is 0 Å². The number of hydrogen-bond donors (Lipinski definition) is 0. The van der Waals surface area contributed by atoms with E-state index < -0.39 is 0 Å². The molecule has 2 aromatic carbocycles. The van der Waals surface area contributed by atoms with Gasteiger partial charge in [0.2, 0.25) is 0 Å². The summed E-state index contributed by atoms with van der Waals surface area (Å²) in [6.07, 6.45) is 30.9. The molecule has 0 N–H and O–H groups in total. The summed E-state index contributed by atoms with van der Waals surface area (Å²) in [5.74, 6) is 0.446. The van der Waals surface area contributed by atoms with E-state index in [4.69, 9.17) is 0 Å². The summed E-state index contributed by atoms with van der Waals surface area (Å²) in [6, 6.07) is 22.5. The van der Waals surface area contributed by atoms with Crippen LogP contribution < -0.4 is 0 Å². The molecule has 0 spiro atoms. The highest BCUT2D eigenvalue weighted by Gasteiger charge is 2.48. The molecule has 0 amide bonds. The zero-order valence-corrected chi connectivity index (χ0v) is 27.7. The number of benzene rings is 2. The summed E-state index contributed by atoms with van der Waals surface area (Å²) in [7, 11) is 0. The highest BCUT2D eigenvalue weighted by molar-refractivity contribution is 5.30. The number of nitrogens with zero attached hydrogens (tertiary/aromatic N) is 2. The van der Waals surface area contributed by atoms with Crippen molar-refractivity contribution in [2.45, 2.75) is 154 Å². The molecule has 0 saturated carbocycles. The maximum atomic E-state index is 2.74. The second kappa shape index (κ2) is 20.6. The van der Waals surface area contributed by atoms with Gasteiger partial charge in [-0.25, -0.2) is 0 Å². The lowest BCUT2D eigenvalue weighted by Crippen LogP contribution is -2.59. The van der Waals surface area contributed by atoms with Crippen molar-refractivity contribution in [2.75, 3.05) is 13.1 Å². The van der Waals surface area contributed by atoms with Gasteiger partial charge in [0.25, 0.3) is 0 Å². The monoisotopic (exact) mass is 573 g/mol. The van der Waals surface area contributed by atoms with Crippen molar-refractivity contribution < 1.29 is 0 Å². The van der Waals surface area contributed by atoms with Crippen LogP contribution in [-0.4, -0.2) is 28.6 Å². The van der Waals surface area contributed by atoms with Gasteiger partial charge in [0.05, 0.1) is 0 Å². The van der Waals surface area contributed by atoms with E-state index in [1.807, 2.05) is 0 Å². The molecule has 1 aliphatic heterocycles. The summed E-state index contributed by atoms with van der Waals surface area (Å²) in [6.45, 7) is 9.26. The lowest BCUT2D eigenvalue weighted by molar-refractivity contribution is -0.00287. The quantitative estimate of drug-likeness (QED) is 0.115. The Labute approximate surface area is 261 Å². The standard InChI is InChI=1S/C40H64N2/c1-4-7-8-9-10-11-12-13-14-15-16-17-18-19-20-27-33-42-35-34-41(32-5-2)40(42,36-37-28-23-21-24-29-37)39(6-3)38-30-25-22-26-31-38/h21-26,28-31,34-35,39H,4-20,27,32-33,36H2,1-3H3. The average Bonchev–Trinajstić information content (AvgIpc) is 3.35. The van der Waals surface area contributed by atoms with Crippen molar-refractivity contribution in [2.24, 2.45) is 0 Å². The third kappa shape index (κ3) is 10.8. The number of unbranched alkanes of at least 4 members (excludes halogenated alkanes) is 15. The number of hydrogen-bond acceptors (Lipinski definition) is 2. The smallest absolute Gasteiger partial charge is 0.123 e. The van der Waals surface area contributed by atoms with Gasteiger partial charge in [-0.15, -0.1) is 0 Å². The third-order valence-corrected chi connectivity index (χ3v) is 9.61. The van der Waals surface area contributed by atoms with Gasteiger partial charge in [-0.3, -0.25) is 0 Å². The molecule has 1 heterocycles. The van der Waals surface area contributed by atoms with Gasteiger partial charge < -0.3 is 9.80 Å². The summed E-state index contributed by atoms with van der Waals surface area (Å²) in [4.78, 5) is 5.42. The van der Waals surface area contributed by atoms with E-state index in [9.17, 15) is 0 Å². The minimum Gasteiger partial charge on any atom is -0.353 e. The molecular formula is C40H64N2. The molecule has 234 valence electrons. The maximum Gasteiger partial charge on any atom is 0.123 e. The molecule has 0 radical (unpaired) electrons. The lowest BCUT2D eigenvalue weighted by atomic mass is 9.78. The minimum atomic E-state index is -0.0526.